The van der Waals surface area contributed by atoms with Gasteiger partial charge in [-0.2, -0.15) is 4.31 Å². The van der Waals surface area contributed by atoms with Crippen LogP contribution in [0.2, 0.25) is 0 Å². The van der Waals surface area contributed by atoms with Gasteiger partial charge in [-0.05, 0) is 46.7 Å². The summed E-state index contributed by atoms with van der Waals surface area (Å²) in [6, 6.07) is 0. The van der Waals surface area contributed by atoms with Crippen molar-refractivity contribution >= 4 is 10.0 Å². The average molecular weight is 290 g/mol. The third-order valence-corrected chi connectivity index (χ3v) is 6.03. The Morgan fingerprint density at radius 1 is 1.26 bits per heavy atom. The number of likely N-dealkylation sites (tertiary alicyclic amines) is 1. The molecule has 2 rings (SSSR count). The molecule has 0 aromatic heterocycles. The summed E-state index contributed by atoms with van der Waals surface area (Å²) in [7, 11) is -3.20. The minimum atomic E-state index is -3.20. The Kier molecular flexibility index (Phi) is 4.55. The molecular formula is C13H26N2O3S. The van der Waals surface area contributed by atoms with E-state index in [2.05, 4.69) is 4.90 Å². The van der Waals surface area contributed by atoms with Crippen LogP contribution in [0.25, 0.3) is 0 Å². The van der Waals surface area contributed by atoms with Crippen molar-refractivity contribution in [3.05, 3.63) is 0 Å². The molecule has 0 aliphatic carbocycles. The van der Waals surface area contributed by atoms with E-state index in [0.29, 0.717) is 19.7 Å². The lowest BCUT2D eigenvalue weighted by molar-refractivity contribution is -0.0551. The molecule has 112 valence electrons. The number of morpholine rings is 1. The molecule has 2 heterocycles. The summed E-state index contributed by atoms with van der Waals surface area (Å²) in [6.45, 7) is 9.48. The van der Waals surface area contributed by atoms with Gasteiger partial charge in [0.25, 0.3) is 0 Å². The Morgan fingerprint density at radius 3 is 2.53 bits per heavy atom. The first-order chi connectivity index (χ1) is 8.81. The monoisotopic (exact) mass is 290 g/mol. The number of hydrogen-bond donors (Lipinski definition) is 0. The average Bonchev–Trinajstić information content (AvgIpc) is 2.83. The smallest absolute Gasteiger partial charge is 0.216 e. The van der Waals surface area contributed by atoms with Crippen molar-refractivity contribution in [3.8, 4) is 0 Å². The van der Waals surface area contributed by atoms with E-state index in [4.69, 9.17) is 4.74 Å². The van der Waals surface area contributed by atoms with Gasteiger partial charge in [0.15, 0.2) is 0 Å². The Bertz CT molecular complexity index is 402. The SMILES string of the molecule is C[C@@H]1CN(S(=O)(=O)CCN2CCCC2)C(C)(C)CO1. The van der Waals surface area contributed by atoms with E-state index in [1.807, 2.05) is 20.8 Å². The molecule has 1 atom stereocenters. The molecule has 5 nitrogen and oxygen atoms in total. The van der Waals surface area contributed by atoms with Crippen LogP contribution in [0.1, 0.15) is 33.6 Å². The van der Waals surface area contributed by atoms with Gasteiger partial charge < -0.3 is 9.64 Å². The van der Waals surface area contributed by atoms with Gasteiger partial charge in [0.1, 0.15) is 0 Å². The molecule has 2 saturated heterocycles. The zero-order chi connectivity index (χ0) is 14.1. The first kappa shape index (κ1) is 15.2. The predicted molar refractivity (Wildman–Crippen MR) is 75.7 cm³/mol. The van der Waals surface area contributed by atoms with Crippen molar-refractivity contribution in [1.29, 1.82) is 0 Å². The molecule has 0 unspecified atom stereocenters. The lowest BCUT2D eigenvalue weighted by atomic mass is 10.1. The van der Waals surface area contributed by atoms with Crippen LogP contribution in [-0.4, -0.2) is 67.8 Å². The van der Waals surface area contributed by atoms with E-state index in [9.17, 15) is 8.42 Å². The van der Waals surface area contributed by atoms with Gasteiger partial charge in [0, 0.05) is 13.1 Å². The quantitative estimate of drug-likeness (QED) is 0.772. The van der Waals surface area contributed by atoms with Gasteiger partial charge in [-0.1, -0.05) is 0 Å². The van der Waals surface area contributed by atoms with Crippen LogP contribution in [0.15, 0.2) is 0 Å². The van der Waals surface area contributed by atoms with Gasteiger partial charge in [0.2, 0.25) is 10.0 Å². The predicted octanol–water partition coefficient (Wildman–Crippen LogP) is 0.911. The van der Waals surface area contributed by atoms with E-state index in [-0.39, 0.29) is 11.9 Å². The zero-order valence-electron chi connectivity index (χ0n) is 12.3. The molecule has 2 aliphatic rings. The maximum Gasteiger partial charge on any atom is 0.216 e. The Labute approximate surface area is 117 Å². The highest BCUT2D eigenvalue weighted by molar-refractivity contribution is 7.89. The van der Waals surface area contributed by atoms with Gasteiger partial charge in [-0.25, -0.2) is 8.42 Å². The highest BCUT2D eigenvalue weighted by Gasteiger charge is 2.40. The molecule has 0 aromatic rings. The second kappa shape index (κ2) is 5.68. The maximum atomic E-state index is 12.5. The summed E-state index contributed by atoms with van der Waals surface area (Å²) >= 11 is 0. The second-order valence-electron chi connectivity index (χ2n) is 6.33. The molecule has 0 bridgehead atoms. The number of sulfonamides is 1. The first-order valence-electron chi connectivity index (χ1n) is 7.16. The Hall–Kier alpha value is -0.170. The Balaban J connectivity index is 2.00. The summed E-state index contributed by atoms with van der Waals surface area (Å²) in [5, 5.41) is 0. The van der Waals surface area contributed by atoms with Gasteiger partial charge >= 0.3 is 0 Å². The number of ether oxygens (including phenoxy) is 1. The fourth-order valence-corrected chi connectivity index (χ4v) is 4.75. The van der Waals surface area contributed by atoms with Gasteiger partial charge in [0.05, 0.1) is 24.0 Å². The van der Waals surface area contributed by atoms with E-state index in [0.717, 1.165) is 13.1 Å². The molecule has 0 spiro atoms. The van der Waals surface area contributed by atoms with Crippen LogP contribution in [0.4, 0.5) is 0 Å². The number of hydrogen-bond acceptors (Lipinski definition) is 4. The van der Waals surface area contributed by atoms with Crippen LogP contribution in [-0.2, 0) is 14.8 Å². The first-order valence-corrected chi connectivity index (χ1v) is 8.77. The van der Waals surface area contributed by atoms with Crippen LogP contribution in [0, 0.1) is 0 Å². The summed E-state index contributed by atoms with van der Waals surface area (Å²) in [5.74, 6) is 0.225. The normalized spacial score (nSPS) is 29.7. The molecule has 0 saturated carbocycles. The van der Waals surface area contributed by atoms with E-state index >= 15 is 0 Å². The fourth-order valence-electron chi connectivity index (χ4n) is 2.80. The standard InChI is InChI=1S/C13H26N2O3S/c1-12-10-15(13(2,3)11-18-12)19(16,17)9-8-14-6-4-5-7-14/h12H,4-11H2,1-3H3/t12-/m1/s1. The minimum absolute atomic E-state index is 0.0189. The van der Waals surface area contributed by atoms with Crippen LogP contribution < -0.4 is 0 Å². The lowest BCUT2D eigenvalue weighted by Gasteiger charge is -2.43. The minimum Gasteiger partial charge on any atom is -0.375 e. The van der Waals surface area contributed by atoms with Crippen molar-refractivity contribution in [2.45, 2.75) is 45.3 Å². The summed E-state index contributed by atoms with van der Waals surface area (Å²) in [5.41, 5.74) is -0.434. The highest BCUT2D eigenvalue weighted by atomic mass is 32.2. The van der Waals surface area contributed by atoms with E-state index < -0.39 is 15.6 Å². The van der Waals surface area contributed by atoms with Crippen molar-refractivity contribution < 1.29 is 13.2 Å². The van der Waals surface area contributed by atoms with Crippen molar-refractivity contribution in [2.24, 2.45) is 0 Å². The molecule has 6 heteroatoms. The zero-order valence-corrected chi connectivity index (χ0v) is 13.1. The summed E-state index contributed by atoms with van der Waals surface area (Å²) in [4.78, 5) is 2.24. The summed E-state index contributed by atoms with van der Waals surface area (Å²) in [6.07, 6.45) is 2.37. The van der Waals surface area contributed by atoms with Crippen molar-refractivity contribution in [2.75, 3.05) is 38.5 Å². The molecular weight excluding hydrogens is 264 g/mol. The third kappa shape index (κ3) is 3.68. The maximum absolute atomic E-state index is 12.5. The molecule has 0 aromatic carbocycles. The molecule has 2 fully saturated rings. The second-order valence-corrected chi connectivity index (χ2v) is 8.34. The number of rotatable bonds is 4. The van der Waals surface area contributed by atoms with Gasteiger partial charge in [-0.15, -0.1) is 0 Å². The van der Waals surface area contributed by atoms with Crippen LogP contribution >= 0.6 is 0 Å². The van der Waals surface area contributed by atoms with Gasteiger partial charge in [-0.3, -0.25) is 0 Å². The number of nitrogens with zero attached hydrogens (tertiary/aromatic N) is 2. The fraction of sp³-hybridized carbons (Fsp3) is 1.00. The van der Waals surface area contributed by atoms with Crippen molar-refractivity contribution in [3.63, 3.8) is 0 Å². The third-order valence-electron chi connectivity index (χ3n) is 4.02. The van der Waals surface area contributed by atoms with Crippen LogP contribution in [0.3, 0.4) is 0 Å². The topological polar surface area (TPSA) is 49.9 Å². The largest absolute Gasteiger partial charge is 0.375 e. The molecule has 0 radical (unpaired) electrons. The molecule has 2 aliphatic heterocycles. The molecule has 19 heavy (non-hydrogen) atoms. The molecule has 0 amide bonds. The molecule has 0 N–H and O–H groups in total. The van der Waals surface area contributed by atoms with E-state index in [1.165, 1.54) is 12.8 Å². The van der Waals surface area contributed by atoms with E-state index in [1.54, 1.807) is 4.31 Å². The van der Waals surface area contributed by atoms with Crippen LogP contribution in [0.5, 0.6) is 0 Å². The highest BCUT2D eigenvalue weighted by Crippen LogP contribution is 2.25. The van der Waals surface area contributed by atoms with Crippen molar-refractivity contribution in [1.82, 2.24) is 9.21 Å². The Morgan fingerprint density at radius 2 is 1.89 bits per heavy atom. The lowest BCUT2D eigenvalue weighted by Crippen LogP contribution is -2.58. The summed E-state index contributed by atoms with van der Waals surface area (Å²) < 4.78 is 32.3.